The van der Waals surface area contributed by atoms with Gasteiger partial charge in [0, 0.05) is 18.9 Å². The first-order chi connectivity index (χ1) is 16.0. The number of hydrogen-bond donors (Lipinski definition) is 1. The Morgan fingerprint density at radius 1 is 1.09 bits per heavy atom. The Labute approximate surface area is 196 Å². The molecule has 9 heteroatoms. The van der Waals surface area contributed by atoms with Gasteiger partial charge >= 0.3 is 6.09 Å². The zero-order chi connectivity index (χ0) is 23.4. The fourth-order valence-electron chi connectivity index (χ4n) is 3.71. The molecule has 0 saturated heterocycles. The van der Waals surface area contributed by atoms with Crippen molar-refractivity contribution in [3.63, 3.8) is 0 Å². The van der Waals surface area contributed by atoms with E-state index in [1.54, 1.807) is 4.68 Å². The highest BCUT2D eigenvalue weighted by Gasteiger charge is 2.20. The van der Waals surface area contributed by atoms with Crippen LogP contribution in [0.2, 0.25) is 5.15 Å². The minimum Gasteiger partial charge on any atom is -0.483 e. The summed E-state index contributed by atoms with van der Waals surface area (Å²) in [5.74, 6) is 0.636. The molecule has 0 saturated carbocycles. The number of fused-ring (bicyclic) bond motifs is 1. The second-order valence-electron chi connectivity index (χ2n) is 7.46. The molecule has 1 atom stereocenters. The van der Waals surface area contributed by atoms with E-state index in [0.717, 1.165) is 28.0 Å². The summed E-state index contributed by atoms with van der Waals surface area (Å²) in [5, 5.41) is 16.4. The van der Waals surface area contributed by atoms with Gasteiger partial charge in [0.15, 0.2) is 5.15 Å². The van der Waals surface area contributed by atoms with Crippen LogP contribution in [0.1, 0.15) is 29.5 Å². The molecule has 0 aliphatic carbocycles. The van der Waals surface area contributed by atoms with Crippen molar-refractivity contribution in [3.05, 3.63) is 76.7 Å². The van der Waals surface area contributed by atoms with E-state index >= 15 is 0 Å². The van der Waals surface area contributed by atoms with Crippen molar-refractivity contribution in [2.75, 3.05) is 13.7 Å². The van der Waals surface area contributed by atoms with Crippen molar-refractivity contribution in [2.24, 2.45) is 0 Å². The van der Waals surface area contributed by atoms with Gasteiger partial charge in [-0.1, -0.05) is 54.1 Å². The van der Waals surface area contributed by atoms with E-state index in [1.807, 2.05) is 68.4 Å². The Balaban J connectivity index is 1.71. The van der Waals surface area contributed by atoms with Crippen LogP contribution in [-0.4, -0.2) is 39.7 Å². The van der Waals surface area contributed by atoms with E-state index in [0.29, 0.717) is 17.7 Å². The third-order valence-electron chi connectivity index (χ3n) is 5.31. The number of nitrogens with zero attached hydrogens (tertiary/aromatic N) is 4. The van der Waals surface area contributed by atoms with E-state index in [2.05, 4.69) is 15.5 Å². The van der Waals surface area contributed by atoms with Gasteiger partial charge in [0.05, 0.1) is 18.0 Å². The first-order valence-electron chi connectivity index (χ1n) is 10.5. The van der Waals surface area contributed by atoms with E-state index in [9.17, 15) is 4.79 Å². The first-order valence-corrected chi connectivity index (χ1v) is 10.9. The fourth-order valence-corrected chi connectivity index (χ4v) is 3.88. The smallest absolute Gasteiger partial charge is 0.406 e. The van der Waals surface area contributed by atoms with Crippen LogP contribution in [0, 0.1) is 13.8 Å². The number of carbonyl (C=O) groups excluding carboxylic acids is 1. The highest BCUT2D eigenvalue weighted by atomic mass is 35.5. The van der Waals surface area contributed by atoms with Gasteiger partial charge in [-0.15, -0.1) is 5.10 Å². The predicted octanol–water partition coefficient (Wildman–Crippen LogP) is 4.95. The Bertz CT molecular complexity index is 1280. The summed E-state index contributed by atoms with van der Waals surface area (Å²) in [6.45, 7) is 4.05. The van der Waals surface area contributed by atoms with Gasteiger partial charge in [-0.05, 0) is 31.5 Å². The molecular weight excluding hydrogens is 442 g/mol. The molecule has 4 aromatic rings. The molecule has 0 radical (unpaired) electrons. The number of aryl methyl sites for hydroxylation is 2. The van der Waals surface area contributed by atoms with Crippen LogP contribution in [-0.2, 0) is 4.74 Å². The molecule has 2 aromatic heterocycles. The van der Waals surface area contributed by atoms with E-state index in [1.165, 1.54) is 7.05 Å². The number of rotatable bonds is 7. The Kier molecular flexibility index (Phi) is 6.74. The molecular formula is C24H24ClN5O3. The number of para-hydroxylation sites is 2. The lowest BCUT2D eigenvalue weighted by Gasteiger charge is -2.22. The zero-order valence-electron chi connectivity index (χ0n) is 18.6. The van der Waals surface area contributed by atoms with Crippen LogP contribution in [0.5, 0.6) is 5.75 Å². The van der Waals surface area contributed by atoms with Gasteiger partial charge in [-0.3, -0.25) is 0 Å². The summed E-state index contributed by atoms with van der Waals surface area (Å²) >= 11 is 6.27. The standard InChI is InChI=1S/C24H24ClN5O3/c1-15-21-16(2)30(29-22(21)23(25)28-27-15)18-11-7-8-12-20(18)33-19(13-14-32-24(31)26-3)17-9-5-4-6-10-17/h4-12,19H,13-14H2,1-3H3,(H,26,31). The minimum absolute atomic E-state index is 0.207. The highest BCUT2D eigenvalue weighted by Crippen LogP contribution is 2.33. The van der Waals surface area contributed by atoms with Crippen LogP contribution in [0.4, 0.5) is 4.79 Å². The normalized spacial score (nSPS) is 11.9. The molecule has 33 heavy (non-hydrogen) atoms. The second kappa shape index (κ2) is 9.87. The topological polar surface area (TPSA) is 91.2 Å². The molecule has 1 unspecified atom stereocenters. The number of aromatic nitrogens is 4. The van der Waals surface area contributed by atoms with Crippen LogP contribution >= 0.6 is 11.6 Å². The number of carbonyl (C=O) groups is 1. The Hall–Kier alpha value is -3.65. The Morgan fingerprint density at radius 3 is 2.55 bits per heavy atom. The largest absolute Gasteiger partial charge is 0.483 e. The summed E-state index contributed by atoms with van der Waals surface area (Å²) in [4.78, 5) is 11.5. The van der Waals surface area contributed by atoms with Crippen molar-refractivity contribution >= 4 is 28.6 Å². The van der Waals surface area contributed by atoms with Gasteiger partial charge in [0.1, 0.15) is 23.1 Å². The molecule has 0 bridgehead atoms. The van der Waals surface area contributed by atoms with Crippen molar-refractivity contribution in [1.29, 1.82) is 0 Å². The molecule has 170 valence electrons. The van der Waals surface area contributed by atoms with Gasteiger partial charge < -0.3 is 14.8 Å². The molecule has 4 rings (SSSR count). The molecule has 0 aliphatic heterocycles. The average molecular weight is 466 g/mol. The maximum Gasteiger partial charge on any atom is 0.406 e. The summed E-state index contributed by atoms with van der Waals surface area (Å²) in [6, 6.07) is 17.5. The van der Waals surface area contributed by atoms with E-state index < -0.39 is 6.09 Å². The SMILES string of the molecule is CNC(=O)OCCC(Oc1ccccc1-n1nc2c(Cl)nnc(C)c2c1C)c1ccccc1. The van der Waals surface area contributed by atoms with Gasteiger partial charge in [-0.2, -0.15) is 10.2 Å². The number of alkyl carbamates (subject to hydrolysis) is 1. The van der Waals surface area contributed by atoms with Gasteiger partial charge in [-0.25, -0.2) is 9.48 Å². The van der Waals surface area contributed by atoms with Gasteiger partial charge in [0.25, 0.3) is 0 Å². The molecule has 2 aromatic carbocycles. The number of nitrogens with one attached hydrogen (secondary N) is 1. The van der Waals surface area contributed by atoms with Gasteiger partial charge in [0.2, 0.25) is 0 Å². The van der Waals surface area contributed by atoms with Crippen molar-refractivity contribution in [1.82, 2.24) is 25.3 Å². The molecule has 1 amide bonds. The number of amides is 1. The first kappa shape index (κ1) is 22.5. The van der Waals surface area contributed by atoms with E-state index in [-0.39, 0.29) is 17.9 Å². The summed E-state index contributed by atoms with van der Waals surface area (Å²) < 4.78 is 13.5. The monoisotopic (exact) mass is 465 g/mol. The predicted molar refractivity (Wildman–Crippen MR) is 126 cm³/mol. The third-order valence-corrected chi connectivity index (χ3v) is 5.57. The van der Waals surface area contributed by atoms with Crippen LogP contribution in [0.25, 0.3) is 16.6 Å². The Morgan fingerprint density at radius 2 is 1.82 bits per heavy atom. The van der Waals surface area contributed by atoms with E-state index in [4.69, 9.17) is 26.2 Å². The zero-order valence-corrected chi connectivity index (χ0v) is 19.3. The molecule has 0 aliphatic rings. The van der Waals surface area contributed by atoms with Crippen LogP contribution in [0.15, 0.2) is 54.6 Å². The molecule has 2 heterocycles. The van der Waals surface area contributed by atoms with Crippen LogP contribution in [0.3, 0.4) is 0 Å². The molecule has 0 fully saturated rings. The highest BCUT2D eigenvalue weighted by molar-refractivity contribution is 6.33. The molecule has 1 N–H and O–H groups in total. The van der Waals surface area contributed by atoms with Crippen molar-refractivity contribution < 1.29 is 14.3 Å². The summed E-state index contributed by atoms with van der Waals surface area (Å²) in [7, 11) is 1.53. The third kappa shape index (κ3) is 4.75. The lowest BCUT2D eigenvalue weighted by molar-refractivity contribution is 0.117. The number of benzene rings is 2. The number of halogens is 1. The lowest BCUT2D eigenvalue weighted by atomic mass is 10.1. The molecule has 0 spiro atoms. The van der Waals surface area contributed by atoms with Crippen molar-refractivity contribution in [3.8, 4) is 11.4 Å². The number of hydrogen-bond acceptors (Lipinski definition) is 6. The molecule has 8 nitrogen and oxygen atoms in total. The fraction of sp³-hybridized carbons (Fsp3) is 0.250. The van der Waals surface area contributed by atoms with Crippen LogP contribution < -0.4 is 10.1 Å². The quantitative estimate of drug-likeness (QED) is 0.415. The maximum absolute atomic E-state index is 11.5. The average Bonchev–Trinajstić information content (AvgIpc) is 3.19. The minimum atomic E-state index is -0.476. The lowest BCUT2D eigenvalue weighted by Crippen LogP contribution is -2.21. The number of ether oxygens (including phenoxy) is 2. The summed E-state index contributed by atoms with van der Waals surface area (Å²) in [6.07, 6.45) is -0.337. The van der Waals surface area contributed by atoms with Crippen molar-refractivity contribution in [2.45, 2.75) is 26.4 Å². The second-order valence-corrected chi connectivity index (χ2v) is 7.81. The maximum atomic E-state index is 11.5. The summed E-state index contributed by atoms with van der Waals surface area (Å²) in [5.41, 5.74) is 3.96.